The van der Waals surface area contributed by atoms with Crippen LogP contribution in [0, 0.1) is 0 Å². The van der Waals surface area contributed by atoms with Crippen molar-refractivity contribution in [2.45, 2.75) is 5.16 Å². The van der Waals surface area contributed by atoms with Crippen molar-refractivity contribution in [2.24, 2.45) is 0 Å². The van der Waals surface area contributed by atoms with E-state index in [4.69, 9.17) is 9.47 Å². The van der Waals surface area contributed by atoms with E-state index in [2.05, 4.69) is 20.9 Å². The van der Waals surface area contributed by atoms with Crippen molar-refractivity contribution in [3.8, 4) is 17.2 Å². The second-order valence-corrected chi connectivity index (χ2v) is 7.14. The van der Waals surface area contributed by atoms with Gasteiger partial charge in [-0.1, -0.05) is 11.8 Å². The van der Waals surface area contributed by atoms with Crippen LogP contribution in [0.1, 0.15) is 10.4 Å². The van der Waals surface area contributed by atoms with Crippen molar-refractivity contribution in [2.75, 3.05) is 20.0 Å². The monoisotopic (exact) mass is 432 g/mol. The third-order valence-electron chi connectivity index (χ3n) is 3.76. The highest BCUT2D eigenvalue weighted by Crippen LogP contribution is 2.27. The molecule has 0 saturated carbocycles. The van der Waals surface area contributed by atoms with Crippen molar-refractivity contribution in [3.63, 3.8) is 0 Å². The van der Waals surface area contributed by atoms with Crippen molar-refractivity contribution < 1.29 is 14.3 Å². The van der Waals surface area contributed by atoms with E-state index < -0.39 is 0 Å². The first-order valence-electron chi connectivity index (χ1n) is 7.79. The van der Waals surface area contributed by atoms with Gasteiger partial charge in [0.05, 0.1) is 24.4 Å². The molecule has 0 atom stereocenters. The Morgan fingerprint density at radius 1 is 1.15 bits per heavy atom. The van der Waals surface area contributed by atoms with Gasteiger partial charge in [-0.15, -0.1) is 0 Å². The van der Waals surface area contributed by atoms with Gasteiger partial charge in [0.1, 0.15) is 11.5 Å². The molecular formula is C19H17BrN2O3S. The molecule has 0 unspecified atom stereocenters. The van der Waals surface area contributed by atoms with Gasteiger partial charge < -0.3 is 9.47 Å². The highest BCUT2D eigenvalue weighted by Gasteiger charge is 2.12. The molecule has 0 saturated heterocycles. The summed E-state index contributed by atoms with van der Waals surface area (Å²) >= 11 is 4.81. The van der Waals surface area contributed by atoms with Crippen LogP contribution >= 0.6 is 27.7 Å². The molecule has 26 heavy (non-hydrogen) atoms. The van der Waals surface area contributed by atoms with Crippen LogP contribution < -0.4 is 9.47 Å². The predicted molar refractivity (Wildman–Crippen MR) is 106 cm³/mol. The number of benzene rings is 2. The fourth-order valence-electron chi connectivity index (χ4n) is 2.39. The first-order valence-corrected chi connectivity index (χ1v) is 9.57. The molecule has 134 valence electrons. The minimum atomic E-state index is 0.0302. The van der Waals surface area contributed by atoms with Crippen LogP contribution in [0.4, 0.5) is 0 Å². The summed E-state index contributed by atoms with van der Waals surface area (Å²) in [5.74, 6) is 1.82. The average Bonchev–Trinajstić information content (AvgIpc) is 3.14. The Balaban J connectivity index is 1.71. The quantitative estimate of drug-likeness (QED) is 0.402. The molecule has 3 rings (SSSR count). The first-order chi connectivity index (χ1) is 12.6. The zero-order valence-electron chi connectivity index (χ0n) is 14.3. The van der Waals surface area contributed by atoms with Crippen molar-refractivity contribution in [1.82, 2.24) is 9.55 Å². The maximum Gasteiger partial charge on any atom is 0.173 e. The third kappa shape index (κ3) is 4.11. The van der Waals surface area contributed by atoms with Crippen molar-refractivity contribution >= 4 is 33.5 Å². The summed E-state index contributed by atoms with van der Waals surface area (Å²) < 4.78 is 13.1. The molecular weight excluding hydrogens is 416 g/mol. The number of ether oxygens (including phenoxy) is 2. The van der Waals surface area contributed by atoms with E-state index in [1.165, 1.54) is 11.8 Å². The minimum Gasteiger partial charge on any atom is -0.497 e. The van der Waals surface area contributed by atoms with Crippen LogP contribution in [0.2, 0.25) is 0 Å². The van der Waals surface area contributed by atoms with E-state index in [9.17, 15) is 4.79 Å². The summed E-state index contributed by atoms with van der Waals surface area (Å²) in [6.45, 7) is 0. The lowest BCUT2D eigenvalue weighted by Crippen LogP contribution is -2.04. The fourth-order valence-corrected chi connectivity index (χ4v) is 3.80. The second kappa shape index (κ2) is 8.42. The van der Waals surface area contributed by atoms with Crippen LogP contribution in [0.5, 0.6) is 11.5 Å². The summed E-state index contributed by atoms with van der Waals surface area (Å²) in [6, 6.07) is 13.0. The number of carbonyl (C=O) groups excluding carboxylic acids is 1. The van der Waals surface area contributed by atoms with Crippen LogP contribution in [0.25, 0.3) is 5.69 Å². The topological polar surface area (TPSA) is 53.4 Å². The summed E-state index contributed by atoms with van der Waals surface area (Å²) in [6.07, 6.45) is 3.60. The highest BCUT2D eigenvalue weighted by atomic mass is 79.9. The van der Waals surface area contributed by atoms with Crippen LogP contribution in [-0.2, 0) is 0 Å². The van der Waals surface area contributed by atoms with E-state index in [1.54, 1.807) is 38.6 Å². The molecule has 0 spiro atoms. The molecule has 0 N–H and O–H groups in total. The maximum absolute atomic E-state index is 12.5. The number of methoxy groups -OCH3 is 2. The van der Waals surface area contributed by atoms with E-state index in [0.29, 0.717) is 17.1 Å². The maximum atomic E-state index is 12.5. The van der Waals surface area contributed by atoms with E-state index in [1.807, 2.05) is 35.0 Å². The van der Waals surface area contributed by atoms with E-state index in [-0.39, 0.29) is 5.78 Å². The molecule has 0 bridgehead atoms. The van der Waals surface area contributed by atoms with Crippen LogP contribution in [0.3, 0.4) is 0 Å². The Morgan fingerprint density at radius 3 is 2.58 bits per heavy atom. The van der Waals surface area contributed by atoms with Gasteiger partial charge in [-0.05, 0) is 58.4 Å². The number of hydrogen-bond acceptors (Lipinski definition) is 5. The number of carbonyl (C=O) groups is 1. The average molecular weight is 433 g/mol. The SMILES string of the molecule is COc1ccc(-n2ccnc2SCC(=O)c2ccc(OC)c(Br)c2)cc1. The number of Topliss-reactive ketones (excluding diaryl/α,β-unsaturated/α-hetero) is 1. The molecule has 5 nitrogen and oxygen atoms in total. The molecule has 0 aliphatic heterocycles. The molecule has 1 heterocycles. The van der Waals surface area contributed by atoms with Gasteiger partial charge >= 0.3 is 0 Å². The first kappa shape index (κ1) is 18.5. The van der Waals surface area contributed by atoms with Gasteiger partial charge in [0, 0.05) is 23.6 Å². The number of ketones is 1. The Labute approximate surface area is 164 Å². The smallest absolute Gasteiger partial charge is 0.173 e. The van der Waals surface area contributed by atoms with Gasteiger partial charge in [-0.25, -0.2) is 4.98 Å². The summed E-state index contributed by atoms with van der Waals surface area (Å²) in [4.78, 5) is 16.8. The molecule has 2 aromatic carbocycles. The fraction of sp³-hybridized carbons (Fsp3) is 0.158. The second-order valence-electron chi connectivity index (χ2n) is 5.34. The van der Waals surface area contributed by atoms with Gasteiger partial charge in [-0.2, -0.15) is 0 Å². The highest BCUT2D eigenvalue weighted by molar-refractivity contribution is 9.10. The number of thioether (sulfide) groups is 1. The predicted octanol–water partition coefficient (Wildman–Crippen LogP) is 4.63. The molecule has 0 fully saturated rings. The number of imidazole rings is 1. The normalized spacial score (nSPS) is 10.6. The lowest BCUT2D eigenvalue weighted by atomic mass is 10.1. The Kier molecular flexibility index (Phi) is 6.00. The van der Waals surface area contributed by atoms with E-state index in [0.717, 1.165) is 21.1 Å². The van der Waals surface area contributed by atoms with Crippen molar-refractivity contribution in [1.29, 1.82) is 0 Å². The molecule has 0 aliphatic rings. The zero-order chi connectivity index (χ0) is 18.5. The summed E-state index contributed by atoms with van der Waals surface area (Å²) in [7, 11) is 3.23. The van der Waals surface area contributed by atoms with Crippen LogP contribution in [-0.4, -0.2) is 35.3 Å². The number of halogens is 1. The summed E-state index contributed by atoms with van der Waals surface area (Å²) in [5, 5.41) is 0.760. The van der Waals surface area contributed by atoms with Gasteiger partial charge in [0.25, 0.3) is 0 Å². The Bertz CT molecular complexity index is 909. The van der Waals surface area contributed by atoms with Gasteiger partial charge in [0.2, 0.25) is 0 Å². The molecule has 3 aromatic rings. The standard InChI is InChI=1S/C19H17BrN2O3S/c1-24-15-6-4-14(5-7-15)22-10-9-21-19(22)26-12-17(23)13-3-8-18(25-2)16(20)11-13/h3-11H,12H2,1-2H3. The van der Waals surface area contributed by atoms with E-state index >= 15 is 0 Å². The molecule has 0 aliphatic carbocycles. The third-order valence-corrected chi connectivity index (χ3v) is 5.35. The zero-order valence-corrected chi connectivity index (χ0v) is 16.7. The van der Waals surface area contributed by atoms with Gasteiger partial charge in [-0.3, -0.25) is 9.36 Å². The molecule has 1 aromatic heterocycles. The van der Waals surface area contributed by atoms with Crippen LogP contribution in [0.15, 0.2) is 64.5 Å². The Hall–Kier alpha value is -2.25. The van der Waals surface area contributed by atoms with Crippen molar-refractivity contribution in [3.05, 3.63) is 64.9 Å². The lowest BCUT2D eigenvalue weighted by molar-refractivity contribution is 0.102. The minimum absolute atomic E-state index is 0.0302. The largest absolute Gasteiger partial charge is 0.497 e. The molecule has 7 heteroatoms. The molecule has 0 amide bonds. The lowest BCUT2D eigenvalue weighted by Gasteiger charge is -2.09. The molecule has 0 radical (unpaired) electrons. The summed E-state index contributed by atoms with van der Waals surface area (Å²) in [5.41, 5.74) is 1.60. The number of aromatic nitrogens is 2. The Morgan fingerprint density at radius 2 is 1.92 bits per heavy atom. The van der Waals surface area contributed by atoms with Gasteiger partial charge in [0.15, 0.2) is 10.9 Å². The number of nitrogens with zero attached hydrogens (tertiary/aromatic N) is 2. The number of hydrogen-bond donors (Lipinski definition) is 0. The number of rotatable bonds is 7.